The van der Waals surface area contributed by atoms with Gasteiger partial charge in [-0.3, -0.25) is 4.79 Å². The van der Waals surface area contributed by atoms with E-state index in [4.69, 9.17) is 0 Å². The molecule has 0 radical (unpaired) electrons. The number of benzene rings is 1. The van der Waals surface area contributed by atoms with Gasteiger partial charge in [-0.2, -0.15) is 0 Å². The quantitative estimate of drug-likeness (QED) is 0.850. The molecule has 3 heteroatoms. The molecule has 1 heterocycles. The smallest absolute Gasteiger partial charge is 0.251 e. The highest BCUT2D eigenvalue weighted by Crippen LogP contribution is 2.28. The molecule has 2 aliphatic rings. The van der Waals surface area contributed by atoms with Crippen LogP contribution in [0.2, 0.25) is 0 Å². The summed E-state index contributed by atoms with van der Waals surface area (Å²) in [7, 11) is 0. The maximum absolute atomic E-state index is 12.4. The second kappa shape index (κ2) is 8.66. The van der Waals surface area contributed by atoms with Gasteiger partial charge in [0.2, 0.25) is 0 Å². The van der Waals surface area contributed by atoms with Crippen LogP contribution in [0.3, 0.4) is 0 Å². The van der Waals surface area contributed by atoms with Crippen molar-refractivity contribution in [3.8, 4) is 0 Å². The molecule has 24 heavy (non-hydrogen) atoms. The third-order valence-electron chi connectivity index (χ3n) is 5.87. The molecule has 3 rings (SSSR count). The summed E-state index contributed by atoms with van der Waals surface area (Å²) in [5.41, 5.74) is 1.87. The van der Waals surface area contributed by atoms with Crippen LogP contribution >= 0.6 is 0 Å². The Bertz CT molecular complexity index is 528. The lowest BCUT2D eigenvalue weighted by Crippen LogP contribution is -2.45. The SMILES string of the molecule is Cc1ccccc1C(=O)NC1CCN(CCCC2CCCC2)CC1. The van der Waals surface area contributed by atoms with Crippen LogP contribution in [0, 0.1) is 12.8 Å². The summed E-state index contributed by atoms with van der Waals surface area (Å²) in [5, 5.41) is 3.23. The van der Waals surface area contributed by atoms with Crippen molar-refractivity contribution < 1.29 is 4.79 Å². The zero-order valence-electron chi connectivity index (χ0n) is 15.1. The molecule has 2 fully saturated rings. The molecule has 1 saturated carbocycles. The number of hydrogen-bond acceptors (Lipinski definition) is 2. The third-order valence-corrected chi connectivity index (χ3v) is 5.87. The van der Waals surface area contributed by atoms with Gasteiger partial charge < -0.3 is 10.2 Å². The Hall–Kier alpha value is -1.35. The minimum absolute atomic E-state index is 0.0905. The summed E-state index contributed by atoms with van der Waals surface area (Å²) in [5.74, 6) is 1.10. The van der Waals surface area contributed by atoms with Crippen LogP contribution in [0.25, 0.3) is 0 Å². The molecule has 1 aliphatic carbocycles. The van der Waals surface area contributed by atoms with E-state index in [9.17, 15) is 4.79 Å². The van der Waals surface area contributed by atoms with E-state index in [1.54, 1.807) is 0 Å². The van der Waals surface area contributed by atoms with Gasteiger partial charge in [0.25, 0.3) is 5.91 Å². The number of amides is 1. The predicted molar refractivity (Wildman–Crippen MR) is 99.3 cm³/mol. The maximum Gasteiger partial charge on any atom is 0.251 e. The van der Waals surface area contributed by atoms with Crippen LogP contribution in [0.4, 0.5) is 0 Å². The van der Waals surface area contributed by atoms with E-state index in [1.807, 2.05) is 31.2 Å². The molecule has 1 amide bonds. The molecule has 0 spiro atoms. The molecule has 1 aromatic rings. The number of rotatable bonds is 6. The Labute approximate surface area is 146 Å². The van der Waals surface area contributed by atoms with Crippen LogP contribution in [-0.2, 0) is 0 Å². The molecular formula is C21H32N2O. The Morgan fingerprint density at radius 1 is 1.12 bits per heavy atom. The first-order chi connectivity index (χ1) is 11.7. The second-order valence-electron chi connectivity index (χ2n) is 7.70. The fourth-order valence-corrected chi connectivity index (χ4v) is 4.29. The number of hydrogen-bond donors (Lipinski definition) is 1. The molecule has 0 aromatic heterocycles. The van der Waals surface area contributed by atoms with Crippen molar-refractivity contribution >= 4 is 5.91 Å². The maximum atomic E-state index is 12.4. The van der Waals surface area contributed by atoms with Crippen LogP contribution in [0.1, 0.15) is 67.3 Å². The fraction of sp³-hybridized carbons (Fsp3) is 0.667. The average Bonchev–Trinajstić information content (AvgIpc) is 3.10. The van der Waals surface area contributed by atoms with Gasteiger partial charge in [-0.1, -0.05) is 43.9 Å². The Balaban J connectivity index is 1.36. The van der Waals surface area contributed by atoms with Gasteiger partial charge in [-0.15, -0.1) is 0 Å². The molecule has 1 aliphatic heterocycles. The number of carbonyl (C=O) groups is 1. The first-order valence-electron chi connectivity index (χ1n) is 9.81. The van der Waals surface area contributed by atoms with Gasteiger partial charge in [0.15, 0.2) is 0 Å². The number of nitrogens with one attached hydrogen (secondary N) is 1. The first kappa shape index (κ1) is 17.5. The van der Waals surface area contributed by atoms with Gasteiger partial charge in [-0.05, 0) is 56.7 Å². The molecule has 1 aromatic carbocycles. The van der Waals surface area contributed by atoms with Crippen molar-refractivity contribution in [1.82, 2.24) is 10.2 Å². The monoisotopic (exact) mass is 328 g/mol. The lowest BCUT2D eigenvalue weighted by Gasteiger charge is -2.32. The molecule has 1 saturated heterocycles. The number of carbonyl (C=O) groups excluding carboxylic acids is 1. The topological polar surface area (TPSA) is 32.3 Å². The van der Waals surface area contributed by atoms with Gasteiger partial charge in [-0.25, -0.2) is 0 Å². The van der Waals surface area contributed by atoms with E-state index < -0.39 is 0 Å². The van der Waals surface area contributed by atoms with Crippen molar-refractivity contribution in [3.05, 3.63) is 35.4 Å². The highest BCUT2D eigenvalue weighted by Gasteiger charge is 2.22. The minimum atomic E-state index is 0.0905. The van der Waals surface area contributed by atoms with Crippen molar-refractivity contribution in [2.24, 2.45) is 5.92 Å². The third kappa shape index (κ3) is 4.83. The van der Waals surface area contributed by atoms with Gasteiger partial charge in [0, 0.05) is 24.7 Å². The summed E-state index contributed by atoms with van der Waals surface area (Å²) >= 11 is 0. The van der Waals surface area contributed by atoms with E-state index in [-0.39, 0.29) is 5.91 Å². The van der Waals surface area contributed by atoms with Crippen LogP contribution in [-0.4, -0.2) is 36.5 Å². The van der Waals surface area contributed by atoms with Crippen molar-refractivity contribution in [2.75, 3.05) is 19.6 Å². The summed E-state index contributed by atoms with van der Waals surface area (Å²) in [4.78, 5) is 15.0. The molecule has 0 atom stereocenters. The van der Waals surface area contributed by atoms with Crippen LogP contribution < -0.4 is 5.32 Å². The van der Waals surface area contributed by atoms with Crippen molar-refractivity contribution in [1.29, 1.82) is 0 Å². The van der Waals surface area contributed by atoms with Gasteiger partial charge in [0.05, 0.1) is 0 Å². The average molecular weight is 329 g/mol. The standard InChI is InChI=1S/C21H32N2O/c1-17-7-2-5-11-20(17)21(24)22-19-12-15-23(16-13-19)14-6-10-18-8-3-4-9-18/h2,5,7,11,18-19H,3-4,6,8-10,12-16H2,1H3,(H,22,24). The molecule has 132 valence electrons. The largest absolute Gasteiger partial charge is 0.349 e. The fourth-order valence-electron chi connectivity index (χ4n) is 4.29. The summed E-state index contributed by atoms with van der Waals surface area (Å²) in [6, 6.07) is 8.18. The van der Waals surface area contributed by atoms with E-state index in [2.05, 4.69) is 10.2 Å². The van der Waals surface area contributed by atoms with Crippen LogP contribution in [0.5, 0.6) is 0 Å². The van der Waals surface area contributed by atoms with Crippen LogP contribution in [0.15, 0.2) is 24.3 Å². The first-order valence-corrected chi connectivity index (χ1v) is 9.81. The number of piperidine rings is 1. The summed E-state index contributed by atoms with van der Waals surface area (Å²) in [6.45, 7) is 5.50. The second-order valence-corrected chi connectivity index (χ2v) is 7.70. The summed E-state index contributed by atoms with van der Waals surface area (Å²) < 4.78 is 0. The Kier molecular flexibility index (Phi) is 6.30. The molecule has 3 nitrogen and oxygen atoms in total. The van der Waals surface area contributed by atoms with E-state index >= 15 is 0 Å². The van der Waals surface area contributed by atoms with Gasteiger partial charge in [0.1, 0.15) is 0 Å². The van der Waals surface area contributed by atoms with E-state index in [1.165, 1.54) is 45.1 Å². The summed E-state index contributed by atoms with van der Waals surface area (Å²) in [6.07, 6.45) is 10.8. The van der Waals surface area contributed by atoms with E-state index in [0.29, 0.717) is 6.04 Å². The molecule has 0 bridgehead atoms. The van der Waals surface area contributed by atoms with Crippen molar-refractivity contribution in [3.63, 3.8) is 0 Å². The zero-order chi connectivity index (χ0) is 16.8. The highest BCUT2D eigenvalue weighted by molar-refractivity contribution is 5.95. The molecular weight excluding hydrogens is 296 g/mol. The Morgan fingerprint density at radius 3 is 2.54 bits per heavy atom. The number of aryl methyl sites for hydroxylation is 1. The Morgan fingerprint density at radius 2 is 1.83 bits per heavy atom. The highest BCUT2D eigenvalue weighted by atomic mass is 16.1. The number of nitrogens with zero attached hydrogens (tertiary/aromatic N) is 1. The lowest BCUT2D eigenvalue weighted by atomic mass is 10.00. The zero-order valence-corrected chi connectivity index (χ0v) is 15.1. The normalized spacial score (nSPS) is 20.4. The molecule has 0 unspecified atom stereocenters. The lowest BCUT2D eigenvalue weighted by molar-refractivity contribution is 0.0909. The van der Waals surface area contributed by atoms with Crippen molar-refractivity contribution in [2.45, 2.75) is 64.3 Å². The number of likely N-dealkylation sites (tertiary alicyclic amines) is 1. The predicted octanol–water partition coefficient (Wildman–Crippen LogP) is 4.16. The van der Waals surface area contributed by atoms with Gasteiger partial charge >= 0.3 is 0 Å². The minimum Gasteiger partial charge on any atom is -0.349 e. The van der Waals surface area contributed by atoms with E-state index in [0.717, 1.165) is 43.0 Å². The molecule has 1 N–H and O–H groups in total.